The second-order valence-electron chi connectivity index (χ2n) is 4.08. The summed E-state index contributed by atoms with van der Waals surface area (Å²) in [6.45, 7) is 6.69. The Bertz CT molecular complexity index is 297. The first-order valence-corrected chi connectivity index (χ1v) is 5.26. The zero-order chi connectivity index (χ0) is 11.3. The standard InChI is InChI=1S/C10H19N3O2/c1-4-5-10(3,14)7-11-6-9-12-8(2)15-13-9/h11,14H,4-7H2,1-3H3. The highest BCUT2D eigenvalue weighted by Gasteiger charge is 2.18. The quantitative estimate of drug-likeness (QED) is 0.738. The van der Waals surface area contributed by atoms with Crippen LogP contribution >= 0.6 is 0 Å². The monoisotopic (exact) mass is 213 g/mol. The third-order valence-electron chi connectivity index (χ3n) is 2.15. The molecule has 0 aliphatic rings. The second kappa shape index (κ2) is 5.23. The highest BCUT2D eigenvalue weighted by atomic mass is 16.5. The van der Waals surface area contributed by atoms with Gasteiger partial charge < -0.3 is 14.9 Å². The van der Waals surface area contributed by atoms with Crippen LogP contribution in [0.2, 0.25) is 0 Å². The Hall–Kier alpha value is -0.940. The molecule has 1 atom stereocenters. The molecule has 0 saturated carbocycles. The van der Waals surface area contributed by atoms with E-state index in [0.717, 1.165) is 12.8 Å². The molecule has 2 N–H and O–H groups in total. The average molecular weight is 213 g/mol. The molecule has 5 nitrogen and oxygen atoms in total. The van der Waals surface area contributed by atoms with Gasteiger partial charge in [-0.3, -0.25) is 0 Å². The van der Waals surface area contributed by atoms with Crippen molar-refractivity contribution >= 4 is 0 Å². The fraction of sp³-hybridized carbons (Fsp3) is 0.800. The zero-order valence-electron chi connectivity index (χ0n) is 9.58. The van der Waals surface area contributed by atoms with E-state index >= 15 is 0 Å². The summed E-state index contributed by atoms with van der Waals surface area (Å²) in [7, 11) is 0. The zero-order valence-corrected chi connectivity index (χ0v) is 9.58. The van der Waals surface area contributed by atoms with Crippen LogP contribution in [-0.2, 0) is 6.54 Å². The second-order valence-corrected chi connectivity index (χ2v) is 4.08. The molecule has 0 fully saturated rings. The average Bonchev–Trinajstić information content (AvgIpc) is 2.51. The van der Waals surface area contributed by atoms with Gasteiger partial charge in [0.25, 0.3) is 0 Å². The Morgan fingerprint density at radius 2 is 2.27 bits per heavy atom. The Kier molecular flexibility index (Phi) is 4.23. The van der Waals surface area contributed by atoms with Gasteiger partial charge in [-0.15, -0.1) is 0 Å². The molecule has 0 aliphatic carbocycles. The number of hydrogen-bond acceptors (Lipinski definition) is 5. The lowest BCUT2D eigenvalue weighted by Gasteiger charge is -2.22. The SMILES string of the molecule is CCCC(C)(O)CNCc1noc(C)n1. The van der Waals surface area contributed by atoms with Gasteiger partial charge in [0.15, 0.2) is 5.82 Å². The molecule has 0 spiro atoms. The van der Waals surface area contributed by atoms with Gasteiger partial charge in [0, 0.05) is 13.5 Å². The van der Waals surface area contributed by atoms with Crippen molar-refractivity contribution in [3.8, 4) is 0 Å². The number of rotatable bonds is 6. The largest absolute Gasteiger partial charge is 0.389 e. The molecule has 0 radical (unpaired) electrons. The van der Waals surface area contributed by atoms with E-state index < -0.39 is 5.60 Å². The molecule has 1 unspecified atom stereocenters. The van der Waals surface area contributed by atoms with Crippen molar-refractivity contribution in [2.75, 3.05) is 6.54 Å². The first-order valence-electron chi connectivity index (χ1n) is 5.26. The van der Waals surface area contributed by atoms with E-state index in [1.807, 2.05) is 6.92 Å². The van der Waals surface area contributed by atoms with E-state index in [0.29, 0.717) is 24.8 Å². The molecule has 1 aromatic heterocycles. The minimum absolute atomic E-state index is 0.525. The third kappa shape index (κ3) is 4.40. The molecule has 15 heavy (non-hydrogen) atoms. The minimum atomic E-state index is -0.659. The number of nitrogens with zero attached hydrogens (tertiary/aromatic N) is 2. The maximum Gasteiger partial charge on any atom is 0.223 e. The highest BCUT2D eigenvalue weighted by Crippen LogP contribution is 2.10. The van der Waals surface area contributed by atoms with Gasteiger partial charge in [0.2, 0.25) is 5.89 Å². The van der Waals surface area contributed by atoms with Crippen molar-refractivity contribution in [3.63, 3.8) is 0 Å². The molecule has 1 rings (SSSR count). The fourth-order valence-corrected chi connectivity index (χ4v) is 1.48. The van der Waals surface area contributed by atoms with Gasteiger partial charge in [0.05, 0.1) is 12.1 Å². The fourth-order valence-electron chi connectivity index (χ4n) is 1.48. The van der Waals surface area contributed by atoms with E-state index in [1.54, 1.807) is 6.92 Å². The summed E-state index contributed by atoms with van der Waals surface area (Å²) < 4.78 is 4.83. The summed E-state index contributed by atoms with van der Waals surface area (Å²) in [5.74, 6) is 1.19. The van der Waals surface area contributed by atoms with Crippen LogP contribution in [0.15, 0.2) is 4.52 Å². The lowest BCUT2D eigenvalue weighted by Crippen LogP contribution is -2.37. The van der Waals surface area contributed by atoms with Gasteiger partial charge in [-0.1, -0.05) is 18.5 Å². The van der Waals surface area contributed by atoms with Crippen molar-refractivity contribution in [2.24, 2.45) is 0 Å². The molecule has 0 saturated heterocycles. The van der Waals surface area contributed by atoms with E-state index in [1.165, 1.54) is 0 Å². The van der Waals surface area contributed by atoms with Crippen LogP contribution in [0, 0.1) is 6.92 Å². The van der Waals surface area contributed by atoms with Gasteiger partial charge in [-0.05, 0) is 13.3 Å². The summed E-state index contributed by atoms with van der Waals surface area (Å²) in [5.41, 5.74) is -0.659. The first kappa shape index (κ1) is 12.1. The van der Waals surface area contributed by atoms with Gasteiger partial charge >= 0.3 is 0 Å². The maximum absolute atomic E-state index is 9.87. The Balaban J connectivity index is 2.27. The van der Waals surface area contributed by atoms with E-state index in [9.17, 15) is 5.11 Å². The number of hydrogen-bond donors (Lipinski definition) is 2. The van der Waals surface area contributed by atoms with Gasteiger partial charge in [-0.25, -0.2) is 0 Å². The molecule has 0 bridgehead atoms. The van der Waals surface area contributed by atoms with Crippen LogP contribution in [0.3, 0.4) is 0 Å². The molecule has 5 heteroatoms. The van der Waals surface area contributed by atoms with E-state index in [2.05, 4.69) is 22.4 Å². The number of aromatic nitrogens is 2. The topological polar surface area (TPSA) is 71.2 Å². The summed E-state index contributed by atoms with van der Waals surface area (Å²) in [6.07, 6.45) is 1.75. The molecule has 1 heterocycles. The summed E-state index contributed by atoms with van der Waals surface area (Å²) in [6, 6.07) is 0. The van der Waals surface area contributed by atoms with E-state index in [4.69, 9.17) is 4.52 Å². The van der Waals surface area contributed by atoms with Crippen molar-refractivity contribution in [2.45, 2.75) is 45.8 Å². The Morgan fingerprint density at radius 3 is 2.80 bits per heavy atom. The van der Waals surface area contributed by atoms with Crippen LogP contribution in [0.1, 0.15) is 38.4 Å². The molecule has 0 aromatic carbocycles. The van der Waals surface area contributed by atoms with Gasteiger partial charge in [0.1, 0.15) is 0 Å². The van der Waals surface area contributed by atoms with Crippen molar-refractivity contribution in [1.82, 2.24) is 15.5 Å². The molecular formula is C10H19N3O2. The Morgan fingerprint density at radius 1 is 1.53 bits per heavy atom. The van der Waals surface area contributed by atoms with Crippen molar-refractivity contribution in [1.29, 1.82) is 0 Å². The Labute approximate surface area is 89.9 Å². The molecule has 1 aromatic rings. The number of nitrogens with one attached hydrogen (secondary N) is 1. The molecular weight excluding hydrogens is 194 g/mol. The molecule has 0 aliphatic heterocycles. The van der Waals surface area contributed by atoms with Gasteiger partial charge in [-0.2, -0.15) is 4.98 Å². The summed E-state index contributed by atoms with van der Waals surface area (Å²) in [4.78, 5) is 4.05. The lowest BCUT2D eigenvalue weighted by molar-refractivity contribution is 0.0496. The molecule has 86 valence electrons. The predicted octanol–water partition coefficient (Wildman–Crippen LogP) is 1.02. The lowest BCUT2D eigenvalue weighted by atomic mass is 10.0. The molecule has 0 amide bonds. The number of aryl methyl sites for hydroxylation is 1. The van der Waals surface area contributed by atoms with Crippen LogP contribution in [-0.4, -0.2) is 27.4 Å². The third-order valence-corrected chi connectivity index (χ3v) is 2.15. The minimum Gasteiger partial charge on any atom is -0.389 e. The number of aliphatic hydroxyl groups is 1. The van der Waals surface area contributed by atoms with E-state index in [-0.39, 0.29) is 0 Å². The van der Waals surface area contributed by atoms with Crippen LogP contribution in [0.25, 0.3) is 0 Å². The summed E-state index contributed by atoms with van der Waals surface area (Å²) >= 11 is 0. The maximum atomic E-state index is 9.87. The van der Waals surface area contributed by atoms with Crippen LogP contribution in [0.4, 0.5) is 0 Å². The smallest absolute Gasteiger partial charge is 0.223 e. The van der Waals surface area contributed by atoms with Crippen LogP contribution < -0.4 is 5.32 Å². The highest BCUT2D eigenvalue weighted by molar-refractivity contribution is 4.84. The summed E-state index contributed by atoms with van der Waals surface area (Å²) in [5, 5.41) is 16.7. The van der Waals surface area contributed by atoms with Crippen LogP contribution in [0.5, 0.6) is 0 Å². The normalized spacial score (nSPS) is 15.2. The van der Waals surface area contributed by atoms with Crippen molar-refractivity contribution in [3.05, 3.63) is 11.7 Å². The van der Waals surface area contributed by atoms with Crippen molar-refractivity contribution < 1.29 is 9.63 Å². The first-order chi connectivity index (χ1) is 7.03. The predicted molar refractivity (Wildman–Crippen MR) is 56.3 cm³/mol.